The Morgan fingerprint density at radius 3 is 2.48 bits per heavy atom. The molecular weight excluding hydrogens is 292 g/mol. The maximum atomic E-state index is 12.1. The summed E-state index contributed by atoms with van der Waals surface area (Å²) in [6.45, 7) is 0.774. The molecule has 3 rings (SSSR count). The summed E-state index contributed by atoms with van der Waals surface area (Å²) in [6, 6.07) is 18.9. The molecule has 0 saturated carbocycles. The lowest BCUT2D eigenvalue weighted by atomic mass is 10.0. The number of oxime groups is 1. The molecule has 1 N–H and O–H groups in total. The third-order valence-corrected chi connectivity index (χ3v) is 3.57. The molecular formula is C18H18N2O3. The van der Waals surface area contributed by atoms with Crippen LogP contribution in [0.3, 0.4) is 0 Å². The number of hydrogen-bond donors (Lipinski definition) is 1. The minimum absolute atomic E-state index is 0.233. The van der Waals surface area contributed by atoms with Gasteiger partial charge in [0.1, 0.15) is 13.2 Å². The molecule has 1 amide bonds. The van der Waals surface area contributed by atoms with E-state index in [2.05, 4.69) is 10.5 Å². The Morgan fingerprint density at radius 1 is 1.13 bits per heavy atom. The molecule has 118 valence electrons. The van der Waals surface area contributed by atoms with Crippen LogP contribution < -0.4 is 5.32 Å². The molecule has 5 nitrogen and oxygen atoms in total. The van der Waals surface area contributed by atoms with Crippen LogP contribution in [0.2, 0.25) is 0 Å². The summed E-state index contributed by atoms with van der Waals surface area (Å²) < 4.78 is 5.29. The van der Waals surface area contributed by atoms with Crippen LogP contribution in [0.1, 0.15) is 23.6 Å². The number of nitrogens with one attached hydrogen (secondary N) is 1. The van der Waals surface area contributed by atoms with Gasteiger partial charge in [0, 0.05) is 6.42 Å². The minimum Gasteiger partial charge on any atom is -0.445 e. The van der Waals surface area contributed by atoms with Gasteiger partial charge < -0.3 is 14.9 Å². The molecule has 1 heterocycles. The lowest BCUT2D eigenvalue weighted by Crippen LogP contribution is -2.33. The highest BCUT2D eigenvalue weighted by Crippen LogP contribution is 2.20. The van der Waals surface area contributed by atoms with Crippen LogP contribution in [0.15, 0.2) is 65.8 Å². The fraction of sp³-hybridized carbons (Fsp3) is 0.222. The van der Waals surface area contributed by atoms with Crippen molar-refractivity contribution < 1.29 is 14.4 Å². The van der Waals surface area contributed by atoms with Gasteiger partial charge >= 0.3 is 6.09 Å². The van der Waals surface area contributed by atoms with Gasteiger partial charge in [-0.1, -0.05) is 65.8 Å². The second-order valence-corrected chi connectivity index (χ2v) is 5.22. The number of carbonyl (C=O) groups is 1. The smallest absolute Gasteiger partial charge is 0.408 e. The molecule has 0 spiro atoms. The van der Waals surface area contributed by atoms with Gasteiger partial charge in [0.05, 0.1) is 11.8 Å². The molecule has 5 heteroatoms. The van der Waals surface area contributed by atoms with Gasteiger partial charge in [-0.05, 0) is 11.1 Å². The van der Waals surface area contributed by atoms with Crippen molar-refractivity contribution in [2.75, 3.05) is 6.61 Å². The molecule has 1 unspecified atom stereocenters. The third kappa shape index (κ3) is 4.10. The summed E-state index contributed by atoms with van der Waals surface area (Å²) in [5.41, 5.74) is 2.70. The number of ether oxygens (including phenoxy) is 1. The maximum Gasteiger partial charge on any atom is 0.408 e. The average Bonchev–Trinajstić information content (AvgIpc) is 3.14. The molecule has 0 saturated heterocycles. The quantitative estimate of drug-likeness (QED) is 0.920. The number of carbonyl (C=O) groups excluding carboxylic acids is 1. The number of benzene rings is 2. The van der Waals surface area contributed by atoms with Crippen LogP contribution in [0.25, 0.3) is 0 Å². The molecule has 2 aromatic carbocycles. The highest BCUT2D eigenvalue weighted by Gasteiger charge is 2.24. The first-order chi connectivity index (χ1) is 11.3. The number of hydrogen-bond acceptors (Lipinski definition) is 4. The Balaban J connectivity index is 1.65. The van der Waals surface area contributed by atoms with Crippen molar-refractivity contribution in [3.05, 3.63) is 71.8 Å². The molecule has 1 aliphatic heterocycles. The predicted octanol–water partition coefficient (Wildman–Crippen LogP) is 3.43. The number of nitrogens with zero attached hydrogens (tertiary/aromatic N) is 1. The van der Waals surface area contributed by atoms with Gasteiger partial charge in [-0.15, -0.1) is 0 Å². The van der Waals surface area contributed by atoms with Crippen molar-refractivity contribution in [1.29, 1.82) is 0 Å². The summed E-state index contributed by atoms with van der Waals surface area (Å²) in [4.78, 5) is 17.2. The van der Waals surface area contributed by atoms with E-state index < -0.39 is 6.09 Å². The highest BCUT2D eigenvalue weighted by molar-refractivity contribution is 5.93. The largest absolute Gasteiger partial charge is 0.445 e. The zero-order valence-corrected chi connectivity index (χ0v) is 12.6. The van der Waals surface area contributed by atoms with Crippen molar-refractivity contribution in [2.45, 2.75) is 19.1 Å². The average molecular weight is 310 g/mol. The normalized spacial score (nSPS) is 14.5. The molecule has 1 atom stereocenters. The van der Waals surface area contributed by atoms with E-state index in [4.69, 9.17) is 9.57 Å². The third-order valence-electron chi connectivity index (χ3n) is 3.57. The van der Waals surface area contributed by atoms with Crippen LogP contribution in [0, 0.1) is 0 Å². The first-order valence-corrected chi connectivity index (χ1v) is 7.54. The Hall–Kier alpha value is -2.82. The van der Waals surface area contributed by atoms with Gasteiger partial charge in [-0.3, -0.25) is 0 Å². The molecule has 2 aromatic rings. The molecule has 0 fully saturated rings. The van der Waals surface area contributed by atoms with Gasteiger partial charge in [0.15, 0.2) is 0 Å². The SMILES string of the molecule is O=C(NC(C1=NOCC1)c1ccccc1)OCc1ccccc1. The van der Waals surface area contributed by atoms with Gasteiger partial charge in [0.2, 0.25) is 0 Å². The van der Waals surface area contributed by atoms with Crippen LogP contribution in [0.5, 0.6) is 0 Å². The van der Waals surface area contributed by atoms with E-state index in [-0.39, 0.29) is 12.6 Å². The zero-order valence-electron chi connectivity index (χ0n) is 12.6. The Morgan fingerprint density at radius 2 is 1.83 bits per heavy atom. The van der Waals surface area contributed by atoms with Gasteiger partial charge in [-0.2, -0.15) is 0 Å². The first kappa shape index (κ1) is 15.1. The lowest BCUT2D eigenvalue weighted by molar-refractivity contribution is 0.138. The van der Waals surface area contributed by atoms with Gasteiger partial charge in [0.25, 0.3) is 0 Å². The second-order valence-electron chi connectivity index (χ2n) is 5.22. The fourth-order valence-corrected chi connectivity index (χ4v) is 2.41. The summed E-state index contributed by atoms with van der Waals surface area (Å²) in [7, 11) is 0. The monoisotopic (exact) mass is 310 g/mol. The second kappa shape index (κ2) is 7.45. The van der Waals surface area contributed by atoms with E-state index in [1.54, 1.807) is 0 Å². The van der Waals surface area contributed by atoms with Crippen molar-refractivity contribution in [2.24, 2.45) is 5.16 Å². The summed E-state index contributed by atoms with van der Waals surface area (Å²) in [5, 5.41) is 6.90. The van der Waals surface area contributed by atoms with Crippen molar-refractivity contribution >= 4 is 11.8 Å². The summed E-state index contributed by atoms with van der Waals surface area (Å²) in [5.74, 6) is 0. The van der Waals surface area contributed by atoms with E-state index >= 15 is 0 Å². The molecule has 23 heavy (non-hydrogen) atoms. The van der Waals surface area contributed by atoms with Crippen LogP contribution >= 0.6 is 0 Å². The molecule has 0 aromatic heterocycles. The summed E-state index contributed by atoms with van der Waals surface area (Å²) in [6.07, 6.45) is 0.218. The van der Waals surface area contributed by atoms with E-state index in [1.807, 2.05) is 60.7 Å². The van der Waals surface area contributed by atoms with Crippen LogP contribution in [-0.2, 0) is 16.2 Å². The molecule has 1 aliphatic rings. The Labute approximate surface area is 134 Å². The Bertz CT molecular complexity index is 671. The molecule has 0 radical (unpaired) electrons. The predicted molar refractivity (Wildman–Crippen MR) is 86.9 cm³/mol. The minimum atomic E-state index is -0.475. The molecule has 0 bridgehead atoms. The van der Waals surface area contributed by atoms with E-state index in [9.17, 15) is 4.79 Å². The van der Waals surface area contributed by atoms with Crippen molar-refractivity contribution in [3.8, 4) is 0 Å². The van der Waals surface area contributed by atoms with Crippen LogP contribution in [-0.4, -0.2) is 18.4 Å². The van der Waals surface area contributed by atoms with E-state index in [0.29, 0.717) is 13.0 Å². The maximum absolute atomic E-state index is 12.1. The summed E-state index contributed by atoms with van der Waals surface area (Å²) >= 11 is 0. The van der Waals surface area contributed by atoms with E-state index in [0.717, 1.165) is 16.8 Å². The number of alkyl carbamates (subject to hydrolysis) is 1. The van der Waals surface area contributed by atoms with Crippen molar-refractivity contribution in [3.63, 3.8) is 0 Å². The van der Waals surface area contributed by atoms with Crippen molar-refractivity contribution in [1.82, 2.24) is 5.32 Å². The first-order valence-electron chi connectivity index (χ1n) is 7.54. The lowest BCUT2D eigenvalue weighted by Gasteiger charge is -2.18. The number of amides is 1. The zero-order chi connectivity index (χ0) is 15.9. The van der Waals surface area contributed by atoms with Crippen LogP contribution in [0.4, 0.5) is 4.79 Å². The topological polar surface area (TPSA) is 59.9 Å². The van der Waals surface area contributed by atoms with Gasteiger partial charge in [-0.25, -0.2) is 4.79 Å². The Kier molecular flexibility index (Phi) is 4.88. The van der Waals surface area contributed by atoms with E-state index in [1.165, 1.54) is 0 Å². The fourth-order valence-electron chi connectivity index (χ4n) is 2.41. The standard InChI is InChI=1S/C18H18N2O3/c21-18(22-13-14-7-3-1-4-8-14)19-17(16-11-12-23-20-16)15-9-5-2-6-10-15/h1-10,17H,11-13H2,(H,19,21). The number of rotatable bonds is 5. The highest BCUT2D eigenvalue weighted by atomic mass is 16.6. The molecule has 0 aliphatic carbocycles.